The van der Waals surface area contributed by atoms with Crippen molar-refractivity contribution in [3.8, 4) is 0 Å². The van der Waals surface area contributed by atoms with Crippen molar-refractivity contribution in [1.82, 2.24) is 9.62 Å². The molecular formula is C18H24N2O3S. The molecule has 6 heteroatoms. The van der Waals surface area contributed by atoms with E-state index in [4.69, 9.17) is 0 Å². The quantitative estimate of drug-likeness (QED) is 0.850. The maximum atomic E-state index is 12.6. The molecule has 0 fully saturated rings. The Morgan fingerprint density at radius 1 is 1.17 bits per heavy atom. The number of benzene rings is 1. The van der Waals surface area contributed by atoms with Crippen molar-refractivity contribution in [1.29, 1.82) is 0 Å². The Labute approximate surface area is 143 Å². The Balaban J connectivity index is 1.78. The van der Waals surface area contributed by atoms with Crippen molar-refractivity contribution in [2.24, 2.45) is 0 Å². The number of nitrogens with zero attached hydrogens (tertiary/aromatic N) is 1. The van der Waals surface area contributed by atoms with E-state index in [0.29, 0.717) is 24.4 Å². The average molecular weight is 348 g/mol. The van der Waals surface area contributed by atoms with Crippen LogP contribution < -0.4 is 4.72 Å². The van der Waals surface area contributed by atoms with Gasteiger partial charge in [0.05, 0.1) is 4.90 Å². The van der Waals surface area contributed by atoms with Crippen LogP contribution in [0.15, 0.2) is 35.2 Å². The first-order valence-electron chi connectivity index (χ1n) is 8.50. The summed E-state index contributed by atoms with van der Waals surface area (Å²) in [6.07, 6.45) is 8.10. The average Bonchev–Trinajstić information content (AvgIpc) is 2.77. The summed E-state index contributed by atoms with van der Waals surface area (Å²) in [5.41, 5.74) is 2.17. The summed E-state index contributed by atoms with van der Waals surface area (Å²) < 4.78 is 28.1. The van der Waals surface area contributed by atoms with Gasteiger partial charge in [-0.25, -0.2) is 13.1 Å². The highest BCUT2D eigenvalue weighted by Crippen LogP contribution is 2.22. The van der Waals surface area contributed by atoms with Crippen molar-refractivity contribution >= 4 is 15.9 Å². The molecule has 1 aromatic rings. The van der Waals surface area contributed by atoms with Crippen molar-refractivity contribution in [3.63, 3.8) is 0 Å². The van der Waals surface area contributed by atoms with Gasteiger partial charge < -0.3 is 4.90 Å². The van der Waals surface area contributed by atoms with E-state index >= 15 is 0 Å². The lowest BCUT2D eigenvalue weighted by Crippen LogP contribution is -2.35. The monoisotopic (exact) mass is 348 g/mol. The summed E-state index contributed by atoms with van der Waals surface area (Å²) in [5.74, 6) is 0.0719. The van der Waals surface area contributed by atoms with E-state index in [1.54, 1.807) is 19.1 Å². The maximum absolute atomic E-state index is 12.6. The number of carbonyl (C=O) groups excluding carboxylic acids is 1. The van der Waals surface area contributed by atoms with Gasteiger partial charge in [-0.1, -0.05) is 18.2 Å². The number of carbonyl (C=O) groups is 1. The smallest absolute Gasteiger partial charge is 0.240 e. The van der Waals surface area contributed by atoms with Gasteiger partial charge in [-0.05, 0) is 55.4 Å². The molecular weight excluding hydrogens is 324 g/mol. The van der Waals surface area contributed by atoms with Crippen molar-refractivity contribution < 1.29 is 13.2 Å². The van der Waals surface area contributed by atoms with E-state index in [1.807, 2.05) is 17.0 Å². The number of amides is 1. The molecule has 0 unspecified atom stereocenters. The fourth-order valence-corrected chi connectivity index (χ4v) is 4.71. The SMILES string of the molecule is CC(=O)N1CCc2ccc(S(=O)(=O)N[C@H]3CC=CCC3)cc2CC1. The van der Waals surface area contributed by atoms with Crippen LogP contribution in [0.3, 0.4) is 0 Å². The Kier molecular flexibility index (Phi) is 5.06. The first kappa shape index (κ1) is 17.2. The molecule has 1 atom stereocenters. The molecule has 24 heavy (non-hydrogen) atoms. The minimum atomic E-state index is -3.50. The zero-order valence-electron chi connectivity index (χ0n) is 14.0. The summed E-state index contributed by atoms with van der Waals surface area (Å²) in [7, 11) is -3.50. The first-order valence-corrected chi connectivity index (χ1v) is 9.99. The molecule has 1 aliphatic heterocycles. The number of hydrogen-bond acceptors (Lipinski definition) is 3. The number of hydrogen-bond donors (Lipinski definition) is 1. The number of rotatable bonds is 3. The fourth-order valence-electron chi connectivity index (χ4n) is 3.37. The van der Waals surface area contributed by atoms with Crippen LogP contribution in [0.2, 0.25) is 0 Å². The van der Waals surface area contributed by atoms with Gasteiger partial charge in [0, 0.05) is 26.1 Å². The van der Waals surface area contributed by atoms with Gasteiger partial charge >= 0.3 is 0 Å². The van der Waals surface area contributed by atoms with Gasteiger partial charge in [0.15, 0.2) is 0 Å². The Bertz CT molecular complexity index is 756. The summed E-state index contributed by atoms with van der Waals surface area (Å²) in [5, 5.41) is 0. The normalized spacial score (nSPS) is 21.2. The molecule has 0 saturated heterocycles. The highest BCUT2D eigenvalue weighted by Gasteiger charge is 2.22. The number of sulfonamides is 1. The van der Waals surface area contributed by atoms with Gasteiger partial charge in [0.25, 0.3) is 0 Å². The fraction of sp³-hybridized carbons (Fsp3) is 0.500. The lowest BCUT2D eigenvalue weighted by molar-refractivity contribution is -0.128. The molecule has 1 heterocycles. The van der Waals surface area contributed by atoms with Crippen molar-refractivity contribution in [2.45, 2.75) is 50.0 Å². The molecule has 1 aromatic carbocycles. The van der Waals surface area contributed by atoms with E-state index in [9.17, 15) is 13.2 Å². The van der Waals surface area contributed by atoms with Gasteiger partial charge in [-0.2, -0.15) is 0 Å². The molecule has 0 radical (unpaired) electrons. The molecule has 1 aliphatic carbocycles. The van der Waals surface area contributed by atoms with Gasteiger partial charge in [0.1, 0.15) is 0 Å². The molecule has 2 aliphatic rings. The lowest BCUT2D eigenvalue weighted by atomic mass is 10.0. The first-order chi connectivity index (χ1) is 11.5. The summed E-state index contributed by atoms with van der Waals surface area (Å²) in [6.45, 7) is 2.92. The minimum absolute atomic E-state index is 0.0213. The zero-order chi connectivity index (χ0) is 17.2. The third kappa shape index (κ3) is 3.87. The zero-order valence-corrected chi connectivity index (χ0v) is 14.8. The molecule has 0 aromatic heterocycles. The third-order valence-corrected chi connectivity index (χ3v) is 6.34. The summed E-state index contributed by atoms with van der Waals surface area (Å²) >= 11 is 0. The molecule has 1 N–H and O–H groups in total. The van der Waals surface area contributed by atoms with E-state index in [0.717, 1.165) is 36.8 Å². The molecule has 1 amide bonds. The highest BCUT2D eigenvalue weighted by molar-refractivity contribution is 7.89. The topological polar surface area (TPSA) is 66.5 Å². The largest absolute Gasteiger partial charge is 0.342 e. The Morgan fingerprint density at radius 3 is 2.58 bits per heavy atom. The van der Waals surface area contributed by atoms with Gasteiger partial charge in [-0.3, -0.25) is 4.79 Å². The Morgan fingerprint density at radius 2 is 1.92 bits per heavy atom. The van der Waals surface area contributed by atoms with Crippen LogP contribution >= 0.6 is 0 Å². The van der Waals surface area contributed by atoms with E-state index in [2.05, 4.69) is 10.8 Å². The van der Waals surface area contributed by atoms with E-state index in [1.165, 1.54) is 0 Å². The van der Waals surface area contributed by atoms with Crippen LogP contribution in [0.5, 0.6) is 0 Å². The van der Waals surface area contributed by atoms with E-state index in [-0.39, 0.29) is 11.9 Å². The molecule has 3 rings (SSSR count). The van der Waals surface area contributed by atoms with Gasteiger partial charge in [0.2, 0.25) is 15.9 Å². The van der Waals surface area contributed by atoms with Crippen LogP contribution in [-0.2, 0) is 27.7 Å². The van der Waals surface area contributed by atoms with Crippen LogP contribution in [-0.4, -0.2) is 38.4 Å². The molecule has 0 bridgehead atoms. The molecule has 5 nitrogen and oxygen atoms in total. The molecule has 0 spiro atoms. The second-order valence-corrected chi connectivity index (χ2v) is 8.25. The highest BCUT2D eigenvalue weighted by atomic mass is 32.2. The maximum Gasteiger partial charge on any atom is 0.240 e. The van der Waals surface area contributed by atoms with Crippen LogP contribution in [0.4, 0.5) is 0 Å². The van der Waals surface area contributed by atoms with Crippen LogP contribution in [0, 0.1) is 0 Å². The molecule has 130 valence electrons. The standard InChI is InChI=1S/C18H24N2O3S/c1-14(21)20-11-9-15-7-8-18(13-16(15)10-12-20)24(22,23)19-17-5-3-2-4-6-17/h2-3,7-8,13,17,19H,4-6,9-12H2,1H3/t17-/m0/s1. The number of allylic oxidation sites excluding steroid dienone is 1. The lowest BCUT2D eigenvalue weighted by Gasteiger charge is -2.19. The van der Waals surface area contributed by atoms with Crippen LogP contribution in [0.1, 0.15) is 37.3 Å². The van der Waals surface area contributed by atoms with E-state index < -0.39 is 10.0 Å². The Hall–Kier alpha value is -1.66. The summed E-state index contributed by atoms with van der Waals surface area (Å²) in [6, 6.07) is 5.34. The predicted octanol–water partition coefficient (Wildman–Crippen LogP) is 2.02. The predicted molar refractivity (Wildman–Crippen MR) is 93.2 cm³/mol. The second kappa shape index (κ2) is 7.07. The van der Waals surface area contributed by atoms with Gasteiger partial charge in [-0.15, -0.1) is 0 Å². The van der Waals surface area contributed by atoms with Crippen molar-refractivity contribution in [3.05, 3.63) is 41.5 Å². The van der Waals surface area contributed by atoms with Crippen molar-refractivity contribution in [2.75, 3.05) is 13.1 Å². The van der Waals surface area contributed by atoms with Crippen LogP contribution in [0.25, 0.3) is 0 Å². The number of fused-ring (bicyclic) bond motifs is 1. The third-order valence-electron chi connectivity index (χ3n) is 4.83. The summed E-state index contributed by atoms with van der Waals surface area (Å²) in [4.78, 5) is 13.7. The number of nitrogens with one attached hydrogen (secondary N) is 1. The molecule has 0 saturated carbocycles. The minimum Gasteiger partial charge on any atom is -0.342 e. The second-order valence-electron chi connectivity index (χ2n) is 6.54.